The van der Waals surface area contributed by atoms with Crippen LogP contribution in [0.2, 0.25) is 0 Å². The first-order chi connectivity index (χ1) is 6.25. The van der Waals surface area contributed by atoms with Crippen molar-refractivity contribution in [2.75, 3.05) is 13.1 Å². The number of alkyl halides is 2. The summed E-state index contributed by atoms with van der Waals surface area (Å²) in [6, 6.07) is 0.659. The molecule has 2 rings (SSSR count). The van der Waals surface area contributed by atoms with Crippen LogP contribution < -0.4 is 0 Å². The summed E-state index contributed by atoms with van der Waals surface area (Å²) in [5.74, 6) is 0. The average Bonchev–Trinajstić information content (AvgIpc) is 2.31. The molecule has 1 atom stereocenters. The SMILES string of the molecule is FC(F)O[C@H]1CCN(C2CCC2)C1. The fraction of sp³-hybridized carbons (Fsp3) is 1.00. The Labute approximate surface area is 76.9 Å². The highest BCUT2D eigenvalue weighted by Gasteiger charge is 2.32. The molecule has 1 aliphatic heterocycles. The van der Waals surface area contributed by atoms with Gasteiger partial charge in [-0.1, -0.05) is 6.42 Å². The van der Waals surface area contributed by atoms with Gasteiger partial charge in [-0.3, -0.25) is 4.90 Å². The van der Waals surface area contributed by atoms with Crippen molar-refractivity contribution in [2.24, 2.45) is 0 Å². The van der Waals surface area contributed by atoms with E-state index in [4.69, 9.17) is 0 Å². The topological polar surface area (TPSA) is 12.5 Å². The van der Waals surface area contributed by atoms with E-state index in [1.165, 1.54) is 19.3 Å². The summed E-state index contributed by atoms with van der Waals surface area (Å²) >= 11 is 0. The van der Waals surface area contributed by atoms with E-state index in [1.54, 1.807) is 0 Å². The van der Waals surface area contributed by atoms with Gasteiger partial charge < -0.3 is 4.74 Å². The van der Waals surface area contributed by atoms with Crippen molar-refractivity contribution in [3.05, 3.63) is 0 Å². The van der Waals surface area contributed by atoms with E-state index in [9.17, 15) is 8.78 Å². The molecule has 0 aromatic heterocycles. The molecule has 2 nitrogen and oxygen atoms in total. The van der Waals surface area contributed by atoms with Gasteiger partial charge >= 0.3 is 6.61 Å². The zero-order chi connectivity index (χ0) is 9.26. The molecular formula is C9H15F2NO. The molecule has 0 unspecified atom stereocenters. The maximum Gasteiger partial charge on any atom is 0.345 e. The molecule has 0 bridgehead atoms. The summed E-state index contributed by atoms with van der Waals surface area (Å²) in [5, 5.41) is 0. The first kappa shape index (κ1) is 9.34. The first-order valence-electron chi connectivity index (χ1n) is 4.93. The molecule has 1 aliphatic carbocycles. The van der Waals surface area contributed by atoms with Gasteiger partial charge in [0.15, 0.2) is 0 Å². The summed E-state index contributed by atoms with van der Waals surface area (Å²) in [7, 11) is 0. The molecule has 0 amide bonds. The molecule has 0 aromatic rings. The molecule has 1 saturated heterocycles. The Bertz CT molecular complexity index is 173. The molecule has 0 radical (unpaired) electrons. The molecule has 0 aromatic carbocycles. The van der Waals surface area contributed by atoms with E-state index in [1.807, 2.05) is 0 Å². The zero-order valence-electron chi connectivity index (χ0n) is 7.59. The van der Waals surface area contributed by atoms with E-state index >= 15 is 0 Å². The number of nitrogens with zero attached hydrogens (tertiary/aromatic N) is 1. The lowest BCUT2D eigenvalue weighted by atomic mass is 9.92. The second kappa shape index (κ2) is 3.88. The smallest absolute Gasteiger partial charge is 0.318 e. The lowest BCUT2D eigenvalue weighted by Crippen LogP contribution is -2.39. The molecule has 76 valence electrons. The molecule has 4 heteroatoms. The van der Waals surface area contributed by atoms with Gasteiger partial charge in [0.1, 0.15) is 0 Å². The fourth-order valence-corrected chi connectivity index (χ4v) is 2.09. The number of hydrogen-bond donors (Lipinski definition) is 0. The highest BCUT2D eigenvalue weighted by molar-refractivity contribution is 4.86. The molecule has 13 heavy (non-hydrogen) atoms. The van der Waals surface area contributed by atoms with Crippen LogP contribution in [0.4, 0.5) is 8.78 Å². The maximum absolute atomic E-state index is 11.9. The third-order valence-corrected chi connectivity index (χ3v) is 3.06. The van der Waals surface area contributed by atoms with Gasteiger partial charge in [0.2, 0.25) is 0 Å². The Balaban J connectivity index is 1.73. The normalized spacial score (nSPS) is 31.2. The van der Waals surface area contributed by atoms with Crippen molar-refractivity contribution >= 4 is 0 Å². The third kappa shape index (κ3) is 2.17. The molecule has 2 aliphatic rings. The Kier molecular flexibility index (Phi) is 2.79. The average molecular weight is 191 g/mol. The van der Waals surface area contributed by atoms with E-state index in [0.717, 1.165) is 13.0 Å². The predicted molar refractivity (Wildman–Crippen MR) is 44.7 cm³/mol. The Hall–Kier alpha value is -0.220. The highest BCUT2D eigenvalue weighted by Crippen LogP contribution is 2.28. The van der Waals surface area contributed by atoms with E-state index in [0.29, 0.717) is 12.6 Å². The fourth-order valence-electron chi connectivity index (χ4n) is 2.09. The monoisotopic (exact) mass is 191 g/mol. The lowest BCUT2D eigenvalue weighted by Gasteiger charge is -2.34. The standard InChI is InChI=1S/C9H15F2NO/c10-9(11)13-8-4-5-12(6-8)7-2-1-3-7/h7-9H,1-6H2/t8-/m0/s1. The van der Waals surface area contributed by atoms with Crippen molar-refractivity contribution in [1.29, 1.82) is 0 Å². The largest absolute Gasteiger partial charge is 0.345 e. The lowest BCUT2D eigenvalue weighted by molar-refractivity contribution is -0.159. The van der Waals surface area contributed by atoms with Gasteiger partial charge in [-0.2, -0.15) is 8.78 Å². The zero-order valence-corrected chi connectivity index (χ0v) is 7.59. The minimum absolute atomic E-state index is 0.236. The number of ether oxygens (including phenoxy) is 1. The van der Waals surface area contributed by atoms with Gasteiger partial charge in [-0.15, -0.1) is 0 Å². The molecular weight excluding hydrogens is 176 g/mol. The Morgan fingerprint density at radius 3 is 2.54 bits per heavy atom. The van der Waals surface area contributed by atoms with Crippen LogP contribution in [-0.2, 0) is 4.74 Å². The van der Waals surface area contributed by atoms with Crippen LogP contribution in [0.3, 0.4) is 0 Å². The van der Waals surface area contributed by atoms with Crippen molar-refractivity contribution in [2.45, 2.75) is 44.4 Å². The summed E-state index contributed by atoms with van der Waals surface area (Å²) in [6.07, 6.45) is 4.30. The molecule has 2 fully saturated rings. The van der Waals surface area contributed by atoms with Crippen molar-refractivity contribution in [3.8, 4) is 0 Å². The van der Waals surface area contributed by atoms with Gasteiger partial charge in [-0.05, 0) is 19.3 Å². The molecule has 0 N–H and O–H groups in total. The number of likely N-dealkylation sites (tertiary alicyclic amines) is 1. The van der Waals surface area contributed by atoms with E-state index in [-0.39, 0.29) is 6.10 Å². The third-order valence-electron chi connectivity index (χ3n) is 3.06. The van der Waals surface area contributed by atoms with Crippen molar-refractivity contribution in [3.63, 3.8) is 0 Å². The van der Waals surface area contributed by atoms with Gasteiger partial charge in [0, 0.05) is 19.1 Å². The maximum atomic E-state index is 11.9. The summed E-state index contributed by atoms with van der Waals surface area (Å²) in [4.78, 5) is 2.29. The first-order valence-corrected chi connectivity index (χ1v) is 4.93. The van der Waals surface area contributed by atoms with Gasteiger partial charge in [0.25, 0.3) is 0 Å². The van der Waals surface area contributed by atoms with Crippen LogP contribution >= 0.6 is 0 Å². The summed E-state index contributed by atoms with van der Waals surface area (Å²) in [5.41, 5.74) is 0. The second-order valence-corrected chi connectivity index (χ2v) is 3.89. The number of halogens is 2. The van der Waals surface area contributed by atoms with Crippen molar-refractivity contribution in [1.82, 2.24) is 4.90 Å². The van der Waals surface area contributed by atoms with Crippen molar-refractivity contribution < 1.29 is 13.5 Å². The van der Waals surface area contributed by atoms with Crippen LogP contribution in [0.15, 0.2) is 0 Å². The second-order valence-electron chi connectivity index (χ2n) is 3.89. The van der Waals surface area contributed by atoms with E-state index in [2.05, 4.69) is 9.64 Å². The highest BCUT2D eigenvalue weighted by atomic mass is 19.3. The molecule has 1 heterocycles. The molecule has 1 saturated carbocycles. The Morgan fingerprint density at radius 1 is 1.23 bits per heavy atom. The number of rotatable bonds is 3. The quantitative estimate of drug-likeness (QED) is 0.675. The van der Waals surface area contributed by atoms with Crippen LogP contribution in [0, 0.1) is 0 Å². The van der Waals surface area contributed by atoms with Crippen LogP contribution in [0.5, 0.6) is 0 Å². The minimum Gasteiger partial charge on any atom is -0.318 e. The summed E-state index contributed by atoms with van der Waals surface area (Å²) < 4.78 is 28.2. The Morgan fingerprint density at radius 2 is 2.00 bits per heavy atom. The predicted octanol–water partition coefficient (Wildman–Crippen LogP) is 1.85. The van der Waals surface area contributed by atoms with Gasteiger partial charge in [0.05, 0.1) is 6.10 Å². The van der Waals surface area contributed by atoms with E-state index < -0.39 is 6.61 Å². The van der Waals surface area contributed by atoms with Crippen LogP contribution in [0.25, 0.3) is 0 Å². The summed E-state index contributed by atoms with van der Waals surface area (Å²) in [6.45, 7) is -0.969. The van der Waals surface area contributed by atoms with Crippen LogP contribution in [-0.4, -0.2) is 36.7 Å². The van der Waals surface area contributed by atoms with Gasteiger partial charge in [-0.25, -0.2) is 0 Å². The minimum atomic E-state index is -2.61. The van der Waals surface area contributed by atoms with Crippen LogP contribution in [0.1, 0.15) is 25.7 Å². The molecule has 0 spiro atoms. The number of hydrogen-bond acceptors (Lipinski definition) is 2.